The number of carbonyl (C=O) groups is 1. The largest absolute Gasteiger partial charge is 0.422 e. The summed E-state index contributed by atoms with van der Waals surface area (Å²) in [7, 11) is 0. The summed E-state index contributed by atoms with van der Waals surface area (Å²) in [6.07, 6.45) is 3.89. The van der Waals surface area contributed by atoms with Crippen LogP contribution in [0.1, 0.15) is 36.0 Å². The van der Waals surface area contributed by atoms with E-state index in [4.69, 9.17) is 10.2 Å². The molecule has 5 nitrogen and oxygen atoms in total. The molecule has 3 N–H and O–H groups in total. The minimum atomic E-state index is -0.615. The molecule has 1 heterocycles. The summed E-state index contributed by atoms with van der Waals surface area (Å²) in [6.45, 7) is 0. The first kappa shape index (κ1) is 13.8. The van der Waals surface area contributed by atoms with Gasteiger partial charge in [-0.25, -0.2) is 4.79 Å². The van der Waals surface area contributed by atoms with Crippen molar-refractivity contribution in [3.8, 4) is 0 Å². The number of hydrogen-bond acceptors (Lipinski definition) is 4. The van der Waals surface area contributed by atoms with Gasteiger partial charge in [0.1, 0.15) is 11.1 Å². The highest BCUT2D eigenvalue weighted by Crippen LogP contribution is 2.18. The molecule has 2 aromatic rings. The molecule has 0 radical (unpaired) electrons. The van der Waals surface area contributed by atoms with Crippen LogP contribution in [0.5, 0.6) is 0 Å². The lowest BCUT2D eigenvalue weighted by Crippen LogP contribution is -2.49. The third-order valence-electron chi connectivity index (χ3n) is 4.02. The van der Waals surface area contributed by atoms with E-state index in [1.54, 1.807) is 24.3 Å². The molecule has 2 atom stereocenters. The van der Waals surface area contributed by atoms with Gasteiger partial charge < -0.3 is 15.5 Å². The Bertz CT molecular complexity index is 723. The first-order chi connectivity index (χ1) is 10.1. The topological polar surface area (TPSA) is 85.3 Å². The summed E-state index contributed by atoms with van der Waals surface area (Å²) >= 11 is 0. The summed E-state index contributed by atoms with van der Waals surface area (Å²) in [6, 6.07) is 8.58. The van der Waals surface area contributed by atoms with Crippen molar-refractivity contribution in [3.05, 3.63) is 46.3 Å². The highest BCUT2D eigenvalue weighted by Gasteiger charge is 2.25. The molecular weight excluding hydrogens is 268 g/mol. The number of hydrogen-bond donors (Lipinski definition) is 2. The van der Waals surface area contributed by atoms with Gasteiger partial charge in [0.15, 0.2) is 0 Å². The summed E-state index contributed by atoms with van der Waals surface area (Å²) in [5.74, 6) is -0.406. The predicted molar refractivity (Wildman–Crippen MR) is 80.2 cm³/mol. The van der Waals surface area contributed by atoms with E-state index in [1.807, 2.05) is 6.07 Å². The molecule has 1 saturated carbocycles. The number of nitrogens with one attached hydrogen (secondary N) is 1. The summed E-state index contributed by atoms with van der Waals surface area (Å²) in [4.78, 5) is 24.2. The van der Waals surface area contributed by atoms with Gasteiger partial charge in [-0.05, 0) is 25.0 Å². The van der Waals surface area contributed by atoms with Crippen LogP contribution in [0.25, 0.3) is 11.0 Å². The van der Waals surface area contributed by atoms with Gasteiger partial charge in [0.05, 0.1) is 0 Å². The van der Waals surface area contributed by atoms with Crippen molar-refractivity contribution in [2.45, 2.75) is 37.8 Å². The van der Waals surface area contributed by atoms with Crippen molar-refractivity contribution in [2.24, 2.45) is 5.73 Å². The second-order valence-electron chi connectivity index (χ2n) is 5.51. The molecule has 0 unspecified atom stereocenters. The van der Waals surface area contributed by atoms with Crippen molar-refractivity contribution in [2.75, 3.05) is 0 Å². The van der Waals surface area contributed by atoms with E-state index in [9.17, 15) is 9.59 Å². The molecule has 1 amide bonds. The van der Waals surface area contributed by atoms with Crippen molar-refractivity contribution in [1.29, 1.82) is 0 Å². The van der Waals surface area contributed by atoms with Crippen LogP contribution in [0, 0.1) is 0 Å². The molecule has 1 aliphatic carbocycles. The van der Waals surface area contributed by atoms with Gasteiger partial charge in [0.2, 0.25) is 0 Å². The molecule has 0 aliphatic heterocycles. The zero-order valence-corrected chi connectivity index (χ0v) is 11.7. The monoisotopic (exact) mass is 286 g/mol. The van der Waals surface area contributed by atoms with Crippen molar-refractivity contribution >= 4 is 16.9 Å². The van der Waals surface area contributed by atoms with Crippen LogP contribution in [-0.2, 0) is 0 Å². The highest BCUT2D eigenvalue weighted by atomic mass is 16.4. The Morgan fingerprint density at radius 2 is 2.00 bits per heavy atom. The molecule has 1 aliphatic rings. The molecule has 1 fully saturated rings. The number of rotatable bonds is 2. The minimum absolute atomic E-state index is 0.0338. The minimum Gasteiger partial charge on any atom is -0.422 e. The zero-order chi connectivity index (χ0) is 14.8. The molecule has 0 spiro atoms. The van der Waals surface area contributed by atoms with E-state index in [2.05, 4.69) is 5.32 Å². The molecule has 21 heavy (non-hydrogen) atoms. The van der Waals surface area contributed by atoms with Gasteiger partial charge in [-0.2, -0.15) is 0 Å². The maximum absolute atomic E-state index is 12.3. The van der Waals surface area contributed by atoms with E-state index in [0.717, 1.165) is 31.1 Å². The lowest BCUT2D eigenvalue weighted by Gasteiger charge is -2.29. The van der Waals surface area contributed by atoms with Crippen LogP contribution < -0.4 is 16.7 Å². The molecule has 1 aromatic carbocycles. The Labute approximate surface area is 122 Å². The van der Waals surface area contributed by atoms with Gasteiger partial charge in [-0.3, -0.25) is 4.79 Å². The Balaban J connectivity index is 1.87. The molecule has 110 valence electrons. The van der Waals surface area contributed by atoms with Gasteiger partial charge in [0.25, 0.3) is 5.91 Å². The second-order valence-corrected chi connectivity index (χ2v) is 5.51. The normalized spacial score (nSPS) is 22.1. The molecule has 3 rings (SSSR count). The Kier molecular flexibility index (Phi) is 3.75. The number of nitrogens with two attached hydrogens (primary N) is 1. The number of benzene rings is 1. The van der Waals surface area contributed by atoms with E-state index in [1.165, 1.54) is 0 Å². The third kappa shape index (κ3) is 2.83. The van der Waals surface area contributed by atoms with E-state index in [-0.39, 0.29) is 17.6 Å². The van der Waals surface area contributed by atoms with Gasteiger partial charge in [0, 0.05) is 17.5 Å². The average molecular weight is 286 g/mol. The fraction of sp³-hybridized carbons (Fsp3) is 0.375. The smallest absolute Gasteiger partial charge is 0.349 e. The van der Waals surface area contributed by atoms with Crippen LogP contribution in [0.3, 0.4) is 0 Å². The molecule has 5 heteroatoms. The van der Waals surface area contributed by atoms with Crippen molar-refractivity contribution in [3.63, 3.8) is 0 Å². The molecule has 1 aromatic heterocycles. The van der Waals surface area contributed by atoms with Crippen LogP contribution in [-0.4, -0.2) is 18.0 Å². The maximum atomic E-state index is 12.3. The zero-order valence-electron chi connectivity index (χ0n) is 11.7. The fourth-order valence-electron chi connectivity index (χ4n) is 2.81. The van der Waals surface area contributed by atoms with Gasteiger partial charge >= 0.3 is 5.63 Å². The fourth-order valence-corrected chi connectivity index (χ4v) is 2.81. The quantitative estimate of drug-likeness (QED) is 0.824. The summed E-state index contributed by atoms with van der Waals surface area (Å²) in [5, 5.41) is 3.60. The maximum Gasteiger partial charge on any atom is 0.349 e. The number of fused-ring (bicyclic) bond motifs is 1. The van der Waals surface area contributed by atoms with Gasteiger partial charge in [-0.15, -0.1) is 0 Å². The number of carbonyl (C=O) groups excluding carboxylic acids is 1. The van der Waals surface area contributed by atoms with E-state index >= 15 is 0 Å². The average Bonchev–Trinajstić information content (AvgIpc) is 2.49. The van der Waals surface area contributed by atoms with Crippen LogP contribution in [0.4, 0.5) is 0 Å². The predicted octanol–water partition coefficient (Wildman–Crippen LogP) is 1.79. The number of para-hydroxylation sites is 1. The lowest BCUT2D eigenvalue weighted by atomic mass is 9.91. The Morgan fingerprint density at radius 1 is 1.24 bits per heavy atom. The van der Waals surface area contributed by atoms with Crippen LogP contribution in [0.15, 0.2) is 39.5 Å². The van der Waals surface area contributed by atoms with Crippen molar-refractivity contribution < 1.29 is 9.21 Å². The first-order valence-corrected chi connectivity index (χ1v) is 7.24. The second kappa shape index (κ2) is 5.69. The van der Waals surface area contributed by atoms with E-state index < -0.39 is 11.5 Å². The van der Waals surface area contributed by atoms with Gasteiger partial charge in [-0.1, -0.05) is 31.0 Å². The summed E-state index contributed by atoms with van der Waals surface area (Å²) < 4.78 is 5.18. The SMILES string of the molecule is N[C@@H]1CCCC[C@H]1NC(=O)c1cc2ccccc2oc1=O. The van der Waals surface area contributed by atoms with E-state index in [0.29, 0.717) is 5.58 Å². The third-order valence-corrected chi connectivity index (χ3v) is 4.02. The van der Waals surface area contributed by atoms with Crippen molar-refractivity contribution in [1.82, 2.24) is 5.32 Å². The Morgan fingerprint density at radius 3 is 2.81 bits per heavy atom. The number of amides is 1. The molecule has 0 saturated heterocycles. The highest BCUT2D eigenvalue weighted by molar-refractivity contribution is 5.96. The lowest BCUT2D eigenvalue weighted by molar-refractivity contribution is 0.0917. The Hall–Kier alpha value is -2.14. The summed E-state index contributed by atoms with van der Waals surface area (Å²) in [5.41, 5.74) is 5.92. The standard InChI is InChI=1S/C16H18N2O3/c17-12-6-2-3-7-13(12)18-15(19)11-9-10-5-1-4-8-14(10)21-16(11)20/h1,4-5,8-9,12-13H,2-3,6-7,17H2,(H,18,19)/t12-,13-/m1/s1. The van der Waals surface area contributed by atoms with Crippen LogP contribution in [0.2, 0.25) is 0 Å². The molecule has 0 bridgehead atoms. The first-order valence-electron chi connectivity index (χ1n) is 7.24. The van der Waals surface area contributed by atoms with Crippen LogP contribution >= 0.6 is 0 Å². The molecular formula is C16H18N2O3.